The van der Waals surface area contributed by atoms with E-state index in [4.69, 9.17) is 10.8 Å². The summed E-state index contributed by atoms with van der Waals surface area (Å²) in [4.78, 5) is 22.9. The van der Waals surface area contributed by atoms with Crippen LogP contribution in [0.4, 0.5) is 36.8 Å². The van der Waals surface area contributed by atoms with E-state index >= 15 is 0 Å². The molecule has 0 aromatic heterocycles. The van der Waals surface area contributed by atoms with E-state index in [-0.39, 0.29) is 12.5 Å². The van der Waals surface area contributed by atoms with Crippen molar-refractivity contribution in [1.82, 2.24) is 5.32 Å². The molecule has 1 aromatic carbocycles. The van der Waals surface area contributed by atoms with Crippen molar-refractivity contribution in [3.63, 3.8) is 0 Å². The number of benzene rings is 1. The Morgan fingerprint density at radius 3 is 1.93 bits per heavy atom. The van der Waals surface area contributed by atoms with Gasteiger partial charge in [-0.3, -0.25) is 0 Å². The first-order chi connectivity index (χ1) is 12.3. The molecule has 0 radical (unpaired) electrons. The molecular formula is C15H17F6N3O3. The van der Waals surface area contributed by atoms with Gasteiger partial charge >= 0.3 is 24.4 Å². The van der Waals surface area contributed by atoms with E-state index < -0.39 is 47.2 Å². The maximum Gasteiger partial charge on any atom is 0.416 e. The molecule has 0 aliphatic carbocycles. The smallest absolute Gasteiger partial charge is 0.416 e. The fraction of sp³-hybridized carbons (Fsp3) is 0.467. The number of carbonyl (C=O) groups excluding carboxylic acids is 1. The molecule has 27 heavy (non-hydrogen) atoms. The zero-order valence-electron chi connectivity index (χ0n) is 13.7. The van der Waals surface area contributed by atoms with Crippen molar-refractivity contribution in [3.05, 3.63) is 29.3 Å². The molecule has 0 saturated carbocycles. The van der Waals surface area contributed by atoms with Crippen LogP contribution < -0.4 is 16.4 Å². The molecule has 0 saturated heterocycles. The number of unbranched alkanes of at least 4 members (excludes halogenated alkanes) is 1. The number of carboxylic acids is 1. The van der Waals surface area contributed by atoms with Gasteiger partial charge in [0, 0.05) is 5.69 Å². The fourth-order valence-corrected chi connectivity index (χ4v) is 2.10. The van der Waals surface area contributed by atoms with Crippen molar-refractivity contribution in [2.24, 2.45) is 5.73 Å². The summed E-state index contributed by atoms with van der Waals surface area (Å²) in [6.07, 6.45) is -9.30. The minimum Gasteiger partial charge on any atom is -0.480 e. The van der Waals surface area contributed by atoms with Crippen LogP contribution in [-0.2, 0) is 17.1 Å². The number of urea groups is 1. The molecule has 0 aliphatic heterocycles. The van der Waals surface area contributed by atoms with E-state index in [2.05, 4.69) is 0 Å². The molecule has 0 fully saturated rings. The Hall–Kier alpha value is -2.50. The predicted octanol–water partition coefficient (Wildman–Crippen LogP) is 3.43. The summed E-state index contributed by atoms with van der Waals surface area (Å²) >= 11 is 0. The third kappa shape index (κ3) is 7.33. The lowest BCUT2D eigenvalue weighted by Crippen LogP contribution is -2.43. The van der Waals surface area contributed by atoms with Crippen LogP contribution in [0.15, 0.2) is 18.2 Å². The van der Waals surface area contributed by atoms with E-state index in [0.29, 0.717) is 31.5 Å². The summed E-state index contributed by atoms with van der Waals surface area (Å²) in [5.41, 5.74) is 1.27. The summed E-state index contributed by atoms with van der Waals surface area (Å²) in [7, 11) is 0. The van der Waals surface area contributed by atoms with Crippen LogP contribution in [0.5, 0.6) is 0 Å². The fourth-order valence-electron chi connectivity index (χ4n) is 2.10. The van der Waals surface area contributed by atoms with Crippen molar-refractivity contribution < 1.29 is 41.0 Å². The summed E-state index contributed by atoms with van der Waals surface area (Å²) in [5, 5.41) is 12.8. The Morgan fingerprint density at radius 1 is 1.00 bits per heavy atom. The van der Waals surface area contributed by atoms with Crippen LogP contribution in [0.25, 0.3) is 0 Å². The highest BCUT2D eigenvalue weighted by molar-refractivity contribution is 5.92. The number of hydrogen-bond donors (Lipinski definition) is 4. The number of anilines is 1. The van der Waals surface area contributed by atoms with Crippen molar-refractivity contribution in [3.8, 4) is 0 Å². The lowest BCUT2D eigenvalue weighted by atomic mass is 10.1. The lowest BCUT2D eigenvalue weighted by Gasteiger charge is -2.17. The number of hydrogen-bond acceptors (Lipinski definition) is 3. The first-order valence-electron chi connectivity index (χ1n) is 7.64. The number of carbonyl (C=O) groups is 2. The number of aliphatic carboxylic acids is 1. The number of nitrogens with two attached hydrogens (primary N) is 1. The second kappa shape index (κ2) is 8.93. The first-order valence-corrected chi connectivity index (χ1v) is 7.64. The van der Waals surface area contributed by atoms with E-state index in [0.717, 1.165) is 0 Å². The summed E-state index contributed by atoms with van der Waals surface area (Å²) < 4.78 is 76.7. The number of rotatable bonds is 7. The Bertz CT molecular complexity index is 643. The number of alkyl halides is 6. The highest BCUT2D eigenvalue weighted by Gasteiger charge is 2.37. The summed E-state index contributed by atoms with van der Waals surface area (Å²) in [6, 6.07) is -2.07. The molecule has 5 N–H and O–H groups in total. The predicted molar refractivity (Wildman–Crippen MR) is 82.9 cm³/mol. The number of carboxylic acid groups (broad SMARTS) is 1. The highest BCUT2D eigenvalue weighted by atomic mass is 19.4. The lowest BCUT2D eigenvalue weighted by molar-refractivity contribution is -0.143. The molecule has 0 spiro atoms. The quantitative estimate of drug-likeness (QED) is 0.415. The Labute approximate surface area is 149 Å². The largest absolute Gasteiger partial charge is 0.480 e. The topological polar surface area (TPSA) is 104 Å². The number of amides is 2. The van der Waals surface area contributed by atoms with Crippen LogP contribution in [0.1, 0.15) is 30.4 Å². The molecule has 2 amide bonds. The van der Waals surface area contributed by atoms with Gasteiger partial charge in [-0.05, 0) is 44.0 Å². The third-order valence-electron chi connectivity index (χ3n) is 3.40. The molecule has 0 unspecified atom stereocenters. The van der Waals surface area contributed by atoms with Gasteiger partial charge in [-0.1, -0.05) is 0 Å². The van der Waals surface area contributed by atoms with Gasteiger partial charge in [-0.15, -0.1) is 0 Å². The molecule has 152 valence electrons. The Balaban J connectivity index is 2.98. The van der Waals surface area contributed by atoms with Crippen molar-refractivity contribution in [2.45, 2.75) is 37.7 Å². The average molecular weight is 401 g/mol. The molecular weight excluding hydrogens is 384 g/mol. The van der Waals surface area contributed by atoms with Crippen LogP contribution in [0.2, 0.25) is 0 Å². The maximum absolute atomic E-state index is 12.8. The van der Waals surface area contributed by atoms with Gasteiger partial charge < -0.3 is 21.5 Å². The molecule has 0 aliphatic rings. The molecule has 1 rings (SSSR count). The van der Waals surface area contributed by atoms with Crippen LogP contribution in [0, 0.1) is 0 Å². The standard InChI is InChI=1S/C15H17F6N3O3/c16-14(17,18)8-5-9(15(19,20)21)7-10(6-8)23-13(27)24-11(12(25)26)3-1-2-4-22/h5-7,11H,1-4,22H2,(H,25,26)(H2,23,24,27)/t11-/m0/s1. The van der Waals surface area contributed by atoms with Crippen LogP contribution >= 0.6 is 0 Å². The monoisotopic (exact) mass is 401 g/mol. The van der Waals surface area contributed by atoms with E-state index in [9.17, 15) is 35.9 Å². The minimum atomic E-state index is -5.07. The Kier molecular flexibility index (Phi) is 7.46. The van der Waals surface area contributed by atoms with Gasteiger partial charge in [-0.25, -0.2) is 9.59 Å². The van der Waals surface area contributed by atoms with E-state index in [1.807, 2.05) is 5.32 Å². The second-order valence-corrected chi connectivity index (χ2v) is 5.57. The molecule has 0 heterocycles. The van der Waals surface area contributed by atoms with Gasteiger partial charge in [0.1, 0.15) is 6.04 Å². The number of halogens is 6. The molecule has 6 nitrogen and oxygen atoms in total. The third-order valence-corrected chi connectivity index (χ3v) is 3.40. The SMILES string of the molecule is NCCCC[C@H](NC(=O)Nc1cc(C(F)(F)F)cc(C(F)(F)F)c1)C(=O)O. The van der Waals surface area contributed by atoms with Crippen LogP contribution in [0.3, 0.4) is 0 Å². The molecule has 1 aromatic rings. The molecule has 1 atom stereocenters. The van der Waals surface area contributed by atoms with Crippen molar-refractivity contribution >= 4 is 17.7 Å². The van der Waals surface area contributed by atoms with Gasteiger partial charge in [-0.2, -0.15) is 26.3 Å². The van der Waals surface area contributed by atoms with Crippen molar-refractivity contribution in [2.75, 3.05) is 11.9 Å². The van der Waals surface area contributed by atoms with E-state index in [1.165, 1.54) is 0 Å². The zero-order chi connectivity index (χ0) is 20.8. The van der Waals surface area contributed by atoms with Gasteiger partial charge in [0.2, 0.25) is 0 Å². The maximum atomic E-state index is 12.8. The van der Waals surface area contributed by atoms with Gasteiger partial charge in [0.15, 0.2) is 0 Å². The first kappa shape index (κ1) is 22.5. The normalized spacial score (nSPS) is 13.1. The Morgan fingerprint density at radius 2 is 1.52 bits per heavy atom. The second-order valence-electron chi connectivity index (χ2n) is 5.57. The zero-order valence-corrected chi connectivity index (χ0v) is 13.7. The number of nitrogens with one attached hydrogen (secondary N) is 2. The van der Waals surface area contributed by atoms with Crippen LogP contribution in [-0.4, -0.2) is 29.7 Å². The van der Waals surface area contributed by atoms with Gasteiger partial charge in [0.05, 0.1) is 11.1 Å². The summed E-state index contributed by atoms with van der Waals surface area (Å²) in [5.74, 6) is -1.40. The molecule has 12 heteroatoms. The average Bonchev–Trinajstić information content (AvgIpc) is 2.52. The highest BCUT2D eigenvalue weighted by Crippen LogP contribution is 2.37. The van der Waals surface area contributed by atoms with E-state index in [1.54, 1.807) is 5.32 Å². The van der Waals surface area contributed by atoms with Crippen molar-refractivity contribution in [1.29, 1.82) is 0 Å². The summed E-state index contributed by atoms with van der Waals surface area (Å²) in [6.45, 7) is 0.295. The minimum absolute atomic E-state index is 0.00363. The van der Waals surface area contributed by atoms with Gasteiger partial charge in [0.25, 0.3) is 0 Å². The molecule has 0 bridgehead atoms.